The fraction of sp³-hybridized carbons (Fsp3) is 0.857. The number of azide groups is 1. The molecule has 0 bridgehead atoms. The van der Waals surface area contributed by atoms with Gasteiger partial charge in [0.05, 0.1) is 6.04 Å². The summed E-state index contributed by atoms with van der Waals surface area (Å²) in [5.74, 6) is 0. The maximum absolute atomic E-state index is 10.4. The summed E-state index contributed by atoms with van der Waals surface area (Å²) in [6.45, 7) is 0. The Morgan fingerprint density at radius 3 is 2.85 bits per heavy atom. The Morgan fingerprint density at radius 1 is 1.54 bits per heavy atom. The summed E-state index contributed by atoms with van der Waals surface area (Å²) >= 11 is 0. The molecular formula is C7H12N4O2. The van der Waals surface area contributed by atoms with Gasteiger partial charge in [0.15, 0.2) is 0 Å². The van der Waals surface area contributed by atoms with Gasteiger partial charge in [0.1, 0.15) is 0 Å². The second-order valence-corrected chi connectivity index (χ2v) is 3.11. The van der Waals surface area contributed by atoms with Gasteiger partial charge >= 0.3 is 6.09 Å². The highest BCUT2D eigenvalue weighted by molar-refractivity contribution is 5.65. The number of amides is 1. The minimum absolute atomic E-state index is 0.206. The number of carbonyl (C=O) groups is 1. The molecular weight excluding hydrogens is 172 g/mol. The molecule has 0 aromatic heterocycles. The summed E-state index contributed by atoms with van der Waals surface area (Å²) in [6, 6.07) is -0.419. The van der Waals surface area contributed by atoms with Gasteiger partial charge < -0.3 is 10.4 Å². The van der Waals surface area contributed by atoms with Crippen LogP contribution < -0.4 is 5.32 Å². The minimum Gasteiger partial charge on any atom is -0.465 e. The third-order valence-electron chi connectivity index (χ3n) is 2.24. The van der Waals surface area contributed by atoms with Crippen molar-refractivity contribution in [1.82, 2.24) is 5.32 Å². The topological polar surface area (TPSA) is 98.1 Å². The van der Waals surface area contributed by atoms with Crippen molar-refractivity contribution in [2.45, 2.75) is 37.8 Å². The minimum atomic E-state index is -1.05. The highest BCUT2D eigenvalue weighted by atomic mass is 16.4. The molecule has 1 aliphatic rings. The molecule has 0 heterocycles. The Kier molecular flexibility index (Phi) is 3.40. The van der Waals surface area contributed by atoms with Gasteiger partial charge in [-0.2, -0.15) is 0 Å². The van der Waals surface area contributed by atoms with E-state index < -0.39 is 6.09 Å². The number of nitrogens with one attached hydrogen (secondary N) is 1. The predicted molar refractivity (Wildman–Crippen MR) is 46.4 cm³/mol. The summed E-state index contributed by atoms with van der Waals surface area (Å²) in [6.07, 6.45) is 2.47. The lowest BCUT2D eigenvalue weighted by Gasteiger charge is -2.27. The average molecular weight is 184 g/mol. The molecule has 1 fully saturated rings. The lowest BCUT2D eigenvalue weighted by Crippen LogP contribution is -2.43. The second kappa shape index (κ2) is 4.57. The van der Waals surface area contributed by atoms with Crippen LogP contribution >= 0.6 is 0 Å². The van der Waals surface area contributed by atoms with Crippen LogP contribution in [0.1, 0.15) is 25.7 Å². The third-order valence-corrected chi connectivity index (χ3v) is 2.24. The first-order valence-corrected chi connectivity index (χ1v) is 4.27. The van der Waals surface area contributed by atoms with Gasteiger partial charge in [-0.1, -0.05) is 18.0 Å². The summed E-state index contributed by atoms with van der Waals surface area (Å²) < 4.78 is 0. The van der Waals surface area contributed by atoms with Crippen LogP contribution in [0.4, 0.5) is 4.79 Å². The fourth-order valence-electron chi connectivity index (χ4n) is 1.64. The molecule has 2 N–H and O–H groups in total. The van der Waals surface area contributed by atoms with Crippen LogP contribution in [0.5, 0.6) is 0 Å². The first-order chi connectivity index (χ1) is 6.24. The summed E-state index contributed by atoms with van der Waals surface area (Å²) in [5, 5.41) is 14.4. The van der Waals surface area contributed by atoms with Crippen molar-refractivity contribution in [3.63, 3.8) is 0 Å². The molecule has 0 aromatic carbocycles. The standard InChI is InChI=1S/C7H12N4O2/c8-11-10-6-4-2-1-3-5(6)9-7(12)13/h5-6,9H,1-4H2,(H,12,13)/t5-,6+/m1/s1. The van der Waals surface area contributed by atoms with Crippen LogP contribution in [0.3, 0.4) is 0 Å². The lowest BCUT2D eigenvalue weighted by atomic mass is 9.91. The average Bonchev–Trinajstić information content (AvgIpc) is 2.08. The SMILES string of the molecule is [N-]=[N+]=N[C@H]1CCCC[C@H]1NC(=O)O. The maximum Gasteiger partial charge on any atom is 0.404 e. The smallest absolute Gasteiger partial charge is 0.404 e. The van der Waals surface area contributed by atoms with Gasteiger partial charge in [-0.15, -0.1) is 0 Å². The van der Waals surface area contributed by atoms with Crippen molar-refractivity contribution in [2.75, 3.05) is 0 Å². The molecule has 0 spiro atoms. The number of hydrogen-bond acceptors (Lipinski definition) is 2. The lowest BCUT2D eigenvalue weighted by molar-refractivity contribution is 0.183. The Bertz CT molecular complexity index is 237. The number of rotatable bonds is 2. The molecule has 13 heavy (non-hydrogen) atoms. The largest absolute Gasteiger partial charge is 0.465 e. The van der Waals surface area contributed by atoms with E-state index in [9.17, 15) is 4.79 Å². The maximum atomic E-state index is 10.4. The van der Waals surface area contributed by atoms with Crippen molar-refractivity contribution < 1.29 is 9.90 Å². The van der Waals surface area contributed by atoms with Crippen molar-refractivity contribution in [1.29, 1.82) is 0 Å². The monoisotopic (exact) mass is 184 g/mol. The van der Waals surface area contributed by atoms with Crippen LogP contribution in [0.25, 0.3) is 10.4 Å². The van der Waals surface area contributed by atoms with Crippen LogP contribution in [0.2, 0.25) is 0 Å². The van der Waals surface area contributed by atoms with Gasteiger partial charge in [-0.3, -0.25) is 0 Å². The normalized spacial score (nSPS) is 27.4. The van der Waals surface area contributed by atoms with E-state index in [1.54, 1.807) is 0 Å². The van der Waals surface area contributed by atoms with E-state index >= 15 is 0 Å². The highest BCUT2D eigenvalue weighted by Gasteiger charge is 2.25. The van der Waals surface area contributed by atoms with Gasteiger partial charge in [0.25, 0.3) is 0 Å². The van der Waals surface area contributed by atoms with Crippen LogP contribution in [0, 0.1) is 0 Å². The molecule has 72 valence electrons. The summed E-state index contributed by atoms with van der Waals surface area (Å²) in [4.78, 5) is 13.1. The second-order valence-electron chi connectivity index (χ2n) is 3.11. The Balaban J connectivity index is 2.55. The molecule has 0 unspecified atom stereocenters. The third kappa shape index (κ3) is 2.83. The molecule has 1 aliphatic carbocycles. The van der Waals surface area contributed by atoms with Crippen LogP contribution in [-0.2, 0) is 0 Å². The molecule has 0 aliphatic heterocycles. The zero-order valence-corrected chi connectivity index (χ0v) is 7.18. The number of hydrogen-bond donors (Lipinski definition) is 2. The predicted octanol–water partition coefficient (Wildman–Crippen LogP) is 1.88. The van der Waals surface area contributed by atoms with Gasteiger partial charge in [-0.05, 0) is 18.4 Å². The van der Waals surface area contributed by atoms with E-state index in [0.29, 0.717) is 0 Å². The Labute approximate surface area is 75.6 Å². The van der Waals surface area contributed by atoms with Crippen molar-refractivity contribution in [3.8, 4) is 0 Å². The zero-order valence-electron chi connectivity index (χ0n) is 7.18. The molecule has 2 atom stereocenters. The van der Waals surface area contributed by atoms with E-state index in [-0.39, 0.29) is 12.1 Å². The van der Waals surface area contributed by atoms with Crippen LogP contribution in [-0.4, -0.2) is 23.3 Å². The quantitative estimate of drug-likeness (QED) is 0.389. The number of nitrogens with zero attached hydrogens (tertiary/aromatic N) is 3. The molecule has 0 saturated heterocycles. The highest BCUT2D eigenvalue weighted by Crippen LogP contribution is 2.21. The fourth-order valence-corrected chi connectivity index (χ4v) is 1.64. The zero-order chi connectivity index (χ0) is 9.68. The summed E-state index contributed by atoms with van der Waals surface area (Å²) in [7, 11) is 0. The molecule has 1 rings (SSSR count). The molecule has 0 radical (unpaired) electrons. The first-order valence-electron chi connectivity index (χ1n) is 4.27. The van der Waals surface area contributed by atoms with E-state index in [0.717, 1.165) is 25.7 Å². The van der Waals surface area contributed by atoms with Crippen molar-refractivity contribution in [3.05, 3.63) is 10.4 Å². The van der Waals surface area contributed by atoms with Gasteiger partial charge in [0, 0.05) is 11.0 Å². The van der Waals surface area contributed by atoms with Gasteiger partial charge in [0.2, 0.25) is 0 Å². The molecule has 6 nitrogen and oxygen atoms in total. The molecule has 6 heteroatoms. The Hall–Kier alpha value is -1.42. The molecule has 0 aromatic rings. The molecule has 1 amide bonds. The van der Waals surface area contributed by atoms with E-state index in [2.05, 4.69) is 15.3 Å². The summed E-state index contributed by atoms with van der Waals surface area (Å²) in [5.41, 5.74) is 8.25. The van der Waals surface area contributed by atoms with Crippen molar-refractivity contribution in [2.24, 2.45) is 5.11 Å². The van der Waals surface area contributed by atoms with E-state index in [4.69, 9.17) is 10.6 Å². The van der Waals surface area contributed by atoms with E-state index in [1.165, 1.54) is 0 Å². The van der Waals surface area contributed by atoms with Crippen molar-refractivity contribution >= 4 is 6.09 Å². The Morgan fingerprint density at radius 2 is 2.23 bits per heavy atom. The van der Waals surface area contributed by atoms with Crippen LogP contribution in [0.15, 0.2) is 5.11 Å². The van der Waals surface area contributed by atoms with Gasteiger partial charge in [-0.25, -0.2) is 4.79 Å². The van der Waals surface area contributed by atoms with E-state index in [1.807, 2.05) is 0 Å². The molecule has 1 saturated carbocycles. The first kappa shape index (κ1) is 9.67. The number of carboxylic acid groups (broad SMARTS) is 1.